The van der Waals surface area contributed by atoms with Gasteiger partial charge in [0.1, 0.15) is 5.76 Å². The van der Waals surface area contributed by atoms with E-state index in [0.29, 0.717) is 36.5 Å². The Kier molecular flexibility index (Phi) is 4.28. The summed E-state index contributed by atoms with van der Waals surface area (Å²) in [6, 6.07) is 9.00. The lowest BCUT2D eigenvalue weighted by atomic mass is 10.0. The second-order valence-corrected chi connectivity index (χ2v) is 6.42. The molecule has 25 heavy (non-hydrogen) atoms. The summed E-state index contributed by atoms with van der Waals surface area (Å²) in [6.07, 6.45) is 3.69. The Balaban J connectivity index is 1.49. The molecule has 2 aliphatic rings. The molecular weight excluding hydrogens is 320 g/mol. The SMILES string of the molecule is O=C(NCc1ccco1)c1cccc2c1C(=O)N(C[C@H]1CCCO1)C2. The van der Waals surface area contributed by atoms with Gasteiger partial charge in [-0.15, -0.1) is 0 Å². The average molecular weight is 340 g/mol. The maximum atomic E-state index is 12.8. The van der Waals surface area contributed by atoms with Gasteiger partial charge >= 0.3 is 0 Å². The monoisotopic (exact) mass is 340 g/mol. The van der Waals surface area contributed by atoms with Gasteiger partial charge in [0.25, 0.3) is 11.8 Å². The first kappa shape index (κ1) is 15.9. The number of fused-ring (bicyclic) bond motifs is 1. The molecule has 1 fully saturated rings. The summed E-state index contributed by atoms with van der Waals surface area (Å²) in [4.78, 5) is 27.1. The molecular formula is C19H20N2O4. The molecule has 0 spiro atoms. The van der Waals surface area contributed by atoms with Crippen LogP contribution < -0.4 is 5.32 Å². The van der Waals surface area contributed by atoms with Crippen LogP contribution in [0.2, 0.25) is 0 Å². The van der Waals surface area contributed by atoms with E-state index < -0.39 is 0 Å². The van der Waals surface area contributed by atoms with Crippen molar-refractivity contribution in [2.75, 3.05) is 13.2 Å². The normalized spacial score (nSPS) is 19.3. The summed E-state index contributed by atoms with van der Waals surface area (Å²) in [5, 5.41) is 2.81. The van der Waals surface area contributed by atoms with Gasteiger partial charge in [0, 0.05) is 19.7 Å². The van der Waals surface area contributed by atoms with Crippen molar-refractivity contribution in [2.24, 2.45) is 0 Å². The Morgan fingerprint density at radius 3 is 2.96 bits per heavy atom. The summed E-state index contributed by atoms with van der Waals surface area (Å²) in [7, 11) is 0. The minimum Gasteiger partial charge on any atom is -0.467 e. The van der Waals surface area contributed by atoms with Crippen molar-refractivity contribution in [3.05, 3.63) is 59.0 Å². The number of amides is 2. The molecule has 0 bridgehead atoms. The molecule has 3 heterocycles. The Morgan fingerprint density at radius 2 is 2.20 bits per heavy atom. The highest BCUT2D eigenvalue weighted by Gasteiger charge is 2.33. The number of nitrogens with zero attached hydrogens (tertiary/aromatic N) is 1. The Morgan fingerprint density at radius 1 is 1.28 bits per heavy atom. The van der Waals surface area contributed by atoms with Crippen molar-refractivity contribution in [3.63, 3.8) is 0 Å². The number of carbonyl (C=O) groups excluding carboxylic acids is 2. The van der Waals surface area contributed by atoms with Gasteiger partial charge in [-0.1, -0.05) is 12.1 Å². The van der Waals surface area contributed by atoms with E-state index in [0.717, 1.165) is 25.0 Å². The quantitative estimate of drug-likeness (QED) is 0.907. The fourth-order valence-electron chi connectivity index (χ4n) is 3.47. The van der Waals surface area contributed by atoms with Crippen LogP contribution >= 0.6 is 0 Å². The lowest BCUT2D eigenvalue weighted by Gasteiger charge is -2.19. The fraction of sp³-hybridized carbons (Fsp3) is 0.368. The van der Waals surface area contributed by atoms with Crippen molar-refractivity contribution >= 4 is 11.8 Å². The Hall–Kier alpha value is -2.60. The molecule has 130 valence electrons. The molecule has 0 aliphatic carbocycles. The summed E-state index contributed by atoms with van der Waals surface area (Å²) < 4.78 is 10.9. The zero-order valence-electron chi connectivity index (χ0n) is 13.9. The van der Waals surface area contributed by atoms with Gasteiger partial charge in [-0.3, -0.25) is 9.59 Å². The zero-order valence-corrected chi connectivity index (χ0v) is 13.9. The molecule has 1 atom stereocenters. The molecule has 2 amide bonds. The molecule has 6 heteroatoms. The highest BCUT2D eigenvalue weighted by Crippen LogP contribution is 2.27. The van der Waals surface area contributed by atoms with Crippen molar-refractivity contribution in [3.8, 4) is 0 Å². The second kappa shape index (κ2) is 6.72. The largest absolute Gasteiger partial charge is 0.467 e. The van der Waals surface area contributed by atoms with Crippen LogP contribution in [-0.2, 0) is 17.8 Å². The van der Waals surface area contributed by atoms with Gasteiger partial charge in [-0.25, -0.2) is 0 Å². The summed E-state index contributed by atoms with van der Waals surface area (Å²) in [5.41, 5.74) is 1.83. The maximum absolute atomic E-state index is 12.8. The smallest absolute Gasteiger partial charge is 0.255 e. The number of rotatable bonds is 5. The van der Waals surface area contributed by atoms with E-state index >= 15 is 0 Å². The third kappa shape index (κ3) is 3.17. The minimum absolute atomic E-state index is 0.0887. The van der Waals surface area contributed by atoms with E-state index in [2.05, 4.69) is 5.32 Å². The van der Waals surface area contributed by atoms with Gasteiger partial charge in [0.15, 0.2) is 0 Å². The summed E-state index contributed by atoms with van der Waals surface area (Å²) in [6.45, 7) is 2.18. The highest BCUT2D eigenvalue weighted by atomic mass is 16.5. The van der Waals surface area contributed by atoms with E-state index in [-0.39, 0.29) is 17.9 Å². The van der Waals surface area contributed by atoms with Crippen LogP contribution in [0, 0.1) is 0 Å². The lowest BCUT2D eigenvalue weighted by Crippen LogP contribution is -2.33. The van der Waals surface area contributed by atoms with E-state index in [1.165, 1.54) is 0 Å². The molecule has 1 N–H and O–H groups in total. The number of hydrogen-bond donors (Lipinski definition) is 1. The van der Waals surface area contributed by atoms with Crippen molar-refractivity contribution in [2.45, 2.75) is 32.0 Å². The Bertz CT molecular complexity index is 779. The predicted octanol–water partition coefficient (Wildman–Crippen LogP) is 2.34. The van der Waals surface area contributed by atoms with E-state index in [9.17, 15) is 9.59 Å². The van der Waals surface area contributed by atoms with Crippen LogP contribution in [0.15, 0.2) is 41.0 Å². The fourth-order valence-corrected chi connectivity index (χ4v) is 3.47. The molecule has 1 aromatic heterocycles. The molecule has 0 unspecified atom stereocenters. The number of hydrogen-bond acceptors (Lipinski definition) is 4. The van der Waals surface area contributed by atoms with Gasteiger partial charge in [-0.2, -0.15) is 0 Å². The van der Waals surface area contributed by atoms with Gasteiger partial charge in [0.05, 0.1) is 30.0 Å². The van der Waals surface area contributed by atoms with Crippen LogP contribution in [-0.4, -0.2) is 36.0 Å². The number of ether oxygens (including phenoxy) is 1. The molecule has 2 aliphatic heterocycles. The lowest BCUT2D eigenvalue weighted by molar-refractivity contribution is 0.0544. The second-order valence-electron chi connectivity index (χ2n) is 6.42. The maximum Gasteiger partial charge on any atom is 0.255 e. The van der Waals surface area contributed by atoms with Crippen LogP contribution in [0.1, 0.15) is 44.9 Å². The third-order valence-corrected chi connectivity index (χ3v) is 4.71. The van der Waals surface area contributed by atoms with Gasteiger partial charge in [-0.05, 0) is 36.6 Å². The topological polar surface area (TPSA) is 71.8 Å². The van der Waals surface area contributed by atoms with Gasteiger partial charge < -0.3 is 19.4 Å². The third-order valence-electron chi connectivity index (χ3n) is 4.71. The molecule has 0 radical (unpaired) electrons. The minimum atomic E-state index is -0.263. The van der Waals surface area contributed by atoms with Crippen LogP contribution in [0.25, 0.3) is 0 Å². The first-order valence-electron chi connectivity index (χ1n) is 8.56. The number of furan rings is 1. The van der Waals surface area contributed by atoms with Crippen LogP contribution in [0.3, 0.4) is 0 Å². The summed E-state index contributed by atoms with van der Waals surface area (Å²) in [5.74, 6) is 0.321. The number of carbonyl (C=O) groups is 2. The van der Waals surface area contributed by atoms with E-state index in [1.54, 1.807) is 29.4 Å². The first-order chi connectivity index (χ1) is 12.2. The van der Waals surface area contributed by atoms with Crippen LogP contribution in [0.5, 0.6) is 0 Å². The zero-order chi connectivity index (χ0) is 17.2. The molecule has 4 rings (SSSR count). The average Bonchev–Trinajstić information content (AvgIpc) is 3.36. The number of nitrogens with one attached hydrogen (secondary N) is 1. The first-order valence-corrected chi connectivity index (χ1v) is 8.56. The van der Waals surface area contributed by atoms with Crippen molar-refractivity contribution < 1.29 is 18.7 Å². The predicted molar refractivity (Wildman–Crippen MR) is 90.0 cm³/mol. The van der Waals surface area contributed by atoms with E-state index in [1.807, 2.05) is 12.1 Å². The number of benzene rings is 1. The molecule has 1 aromatic carbocycles. The van der Waals surface area contributed by atoms with E-state index in [4.69, 9.17) is 9.15 Å². The van der Waals surface area contributed by atoms with Crippen molar-refractivity contribution in [1.29, 1.82) is 0 Å². The molecule has 1 saturated heterocycles. The summed E-state index contributed by atoms with van der Waals surface area (Å²) >= 11 is 0. The highest BCUT2D eigenvalue weighted by molar-refractivity contribution is 6.09. The van der Waals surface area contributed by atoms with Crippen molar-refractivity contribution in [1.82, 2.24) is 10.2 Å². The molecule has 0 saturated carbocycles. The van der Waals surface area contributed by atoms with Crippen LogP contribution in [0.4, 0.5) is 0 Å². The molecule has 6 nitrogen and oxygen atoms in total. The standard InChI is InChI=1S/C19H20N2O4/c22-18(20-10-14-5-2-8-24-14)16-7-1-4-13-11-21(19(23)17(13)16)12-15-6-3-9-25-15/h1-2,4-5,7-8,15H,3,6,9-12H2,(H,20,22)/t15-/m1/s1. The Labute approximate surface area is 145 Å². The molecule has 2 aromatic rings. The van der Waals surface area contributed by atoms with Gasteiger partial charge in [0.2, 0.25) is 0 Å².